The average molecular weight is 310 g/mol. The van der Waals surface area contributed by atoms with Crippen molar-refractivity contribution >= 4 is 5.91 Å². The summed E-state index contributed by atoms with van der Waals surface area (Å²) in [5.74, 6) is -0.259. The Morgan fingerprint density at radius 1 is 1.36 bits per heavy atom. The molecule has 1 aliphatic heterocycles. The monoisotopic (exact) mass is 310 g/mol. The number of amides is 1. The van der Waals surface area contributed by atoms with Crippen LogP contribution in [0.25, 0.3) is 0 Å². The fourth-order valence-electron chi connectivity index (χ4n) is 2.74. The lowest BCUT2D eigenvalue weighted by atomic mass is 10.1. The highest BCUT2D eigenvalue weighted by Gasteiger charge is 2.32. The molecule has 1 amide bonds. The molecule has 1 fully saturated rings. The van der Waals surface area contributed by atoms with Crippen LogP contribution in [0.3, 0.4) is 0 Å². The topological polar surface area (TPSA) is 107 Å². The second kappa shape index (κ2) is 6.89. The van der Waals surface area contributed by atoms with Crippen LogP contribution in [0.15, 0.2) is 9.59 Å². The highest BCUT2D eigenvalue weighted by molar-refractivity contribution is 5.79. The van der Waals surface area contributed by atoms with Crippen molar-refractivity contribution in [3.63, 3.8) is 0 Å². The molecule has 1 aliphatic rings. The molecule has 122 valence electrons. The van der Waals surface area contributed by atoms with Crippen LogP contribution < -0.4 is 16.6 Å². The van der Waals surface area contributed by atoms with Crippen molar-refractivity contribution in [1.82, 2.24) is 20.2 Å². The molecule has 8 heteroatoms. The van der Waals surface area contributed by atoms with E-state index in [1.54, 1.807) is 6.92 Å². The molecule has 2 rings (SSSR count). The molecule has 3 N–H and O–H groups in total. The highest BCUT2D eigenvalue weighted by Crippen LogP contribution is 2.12. The molecular formula is C14H22N4O4. The third-order valence-electron chi connectivity index (χ3n) is 3.77. The Kier molecular flexibility index (Phi) is 5.15. The maximum atomic E-state index is 12.2. The number of hydrogen-bond acceptors (Lipinski definition) is 5. The van der Waals surface area contributed by atoms with E-state index in [9.17, 15) is 14.4 Å². The lowest BCUT2D eigenvalue weighted by Gasteiger charge is -2.19. The number of hydrogen-bond donors (Lipinski definition) is 3. The summed E-state index contributed by atoms with van der Waals surface area (Å²) in [5, 5.41) is 2.91. The van der Waals surface area contributed by atoms with Gasteiger partial charge in [0.2, 0.25) is 5.91 Å². The maximum Gasteiger partial charge on any atom is 0.325 e. The number of aromatic amines is 2. The van der Waals surface area contributed by atoms with Crippen LogP contribution >= 0.6 is 0 Å². The second-order valence-electron chi connectivity index (χ2n) is 5.58. The summed E-state index contributed by atoms with van der Waals surface area (Å²) in [6.45, 7) is 5.57. The number of aromatic nitrogens is 2. The van der Waals surface area contributed by atoms with Gasteiger partial charge >= 0.3 is 5.69 Å². The normalized spacial score (nSPS) is 22.0. The van der Waals surface area contributed by atoms with E-state index in [2.05, 4.69) is 20.2 Å². The molecule has 22 heavy (non-hydrogen) atoms. The fraction of sp³-hybridized carbons (Fsp3) is 0.643. The van der Waals surface area contributed by atoms with E-state index < -0.39 is 11.2 Å². The van der Waals surface area contributed by atoms with Gasteiger partial charge in [-0.2, -0.15) is 0 Å². The van der Waals surface area contributed by atoms with Gasteiger partial charge in [-0.15, -0.1) is 0 Å². The molecule has 0 aliphatic carbocycles. The number of nitrogens with one attached hydrogen (secondary N) is 3. The van der Waals surface area contributed by atoms with Crippen molar-refractivity contribution in [3.05, 3.63) is 32.1 Å². The minimum absolute atomic E-state index is 0.0473. The largest absolute Gasteiger partial charge is 0.375 e. The Balaban J connectivity index is 2.04. The first-order chi connectivity index (χ1) is 10.4. The minimum atomic E-state index is -0.569. The van der Waals surface area contributed by atoms with Crippen LogP contribution in [-0.4, -0.2) is 59.7 Å². The van der Waals surface area contributed by atoms with Gasteiger partial charge in [-0.25, -0.2) is 4.79 Å². The minimum Gasteiger partial charge on any atom is -0.375 e. The van der Waals surface area contributed by atoms with Gasteiger partial charge in [0.25, 0.3) is 5.56 Å². The standard InChI is InChI=1S/C14H22N4O4/c1-4-22-11-7-18(3)6-10(11)16-12(19)5-9-8(2)15-14(21)17-13(9)20/h10-11H,4-7H2,1-3H3,(H,16,19)(H2,15,17,20,21)/t10-,11-/m0/s1. The van der Waals surface area contributed by atoms with Crippen molar-refractivity contribution in [2.45, 2.75) is 32.4 Å². The second-order valence-corrected chi connectivity index (χ2v) is 5.58. The Bertz CT molecular complexity index is 651. The van der Waals surface area contributed by atoms with E-state index in [1.807, 2.05) is 14.0 Å². The van der Waals surface area contributed by atoms with E-state index in [0.717, 1.165) is 6.54 Å². The number of nitrogens with zero attached hydrogens (tertiary/aromatic N) is 1. The Labute approximate surface area is 127 Å². The van der Waals surface area contributed by atoms with Gasteiger partial charge in [-0.1, -0.05) is 0 Å². The van der Waals surface area contributed by atoms with Gasteiger partial charge in [-0.05, 0) is 20.9 Å². The molecule has 0 unspecified atom stereocenters. The van der Waals surface area contributed by atoms with Crippen molar-refractivity contribution in [2.24, 2.45) is 0 Å². The average Bonchev–Trinajstić information content (AvgIpc) is 2.74. The zero-order valence-corrected chi connectivity index (χ0v) is 13.1. The van der Waals surface area contributed by atoms with Gasteiger partial charge in [0, 0.05) is 31.0 Å². The summed E-state index contributed by atoms with van der Waals surface area (Å²) in [6.07, 6.45) is -0.120. The van der Waals surface area contributed by atoms with E-state index >= 15 is 0 Å². The van der Waals surface area contributed by atoms with Crippen molar-refractivity contribution < 1.29 is 9.53 Å². The van der Waals surface area contributed by atoms with Gasteiger partial charge in [0.05, 0.1) is 18.6 Å². The molecule has 8 nitrogen and oxygen atoms in total. The fourth-order valence-corrected chi connectivity index (χ4v) is 2.74. The van der Waals surface area contributed by atoms with Gasteiger partial charge < -0.3 is 19.9 Å². The lowest BCUT2D eigenvalue weighted by molar-refractivity contribution is -0.121. The van der Waals surface area contributed by atoms with Crippen LogP contribution in [0.4, 0.5) is 0 Å². The number of rotatable bonds is 5. The van der Waals surface area contributed by atoms with Crippen molar-refractivity contribution in [1.29, 1.82) is 0 Å². The zero-order valence-electron chi connectivity index (χ0n) is 13.1. The number of H-pyrrole nitrogens is 2. The lowest BCUT2D eigenvalue weighted by Crippen LogP contribution is -2.45. The smallest absolute Gasteiger partial charge is 0.325 e. The first kappa shape index (κ1) is 16.4. The zero-order chi connectivity index (χ0) is 16.3. The predicted molar refractivity (Wildman–Crippen MR) is 81.0 cm³/mol. The van der Waals surface area contributed by atoms with Gasteiger partial charge in [0.1, 0.15) is 0 Å². The number of ether oxygens (including phenoxy) is 1. The number of aryl methyl sites for hydroxylation is 1. The number of likely N-dealkylation sites (tertiary alicyclic amines) is 1. The summed E-state index contributed by atoms with van der Waals surface area (Å²) in [7, 11) is 1.97. The Morgan fingerprint density at radius 3 is 2.73 bits per heavy atom. The van der Waals surface area contributed by atoms with Crippen LogP contribution in [0.2, 0.25) is 0 Å². The molecule has 0 spiro atoms. The summed E-state index contributed by atoms with van der Waals surface area (Å²) in [5.41, 5.74) is -0.410. The van der Waals surface area contributed by atoms with E-state index in [4.69, 9.17) is 4.74 Å². The maximum absolute atomic E-state index is 12.2. The molecule has 0 saturated carbocycles. The Hall–Kier alpha value is -1.93. The first-order valence-electron chi connectivity index (χ1n) is 7.32. The van der Waals surface area contributed by atoms with E-state index in [0.29, 0.717) is 18.8 Å². The molecular weight excluding hydrogens is 288 g/mol. The third kappa shape index (κ3) is 3.83. The number of carbonyl (C=O) groups is 1. The Morgan fingerprint density at radius 2 is 2.09 bits per heavy atom. The molecule has 0 aromatic carbocycles. The van der Waals surface area contributed by atoms with E-state index in [1.165, 1.54) is 0 Å². The van der Waals surface area contributed by atoms with Crippen LogP contribution in [0.5, 0.6) is 0 Å². The van der Waals surface area contributed by atoms with Gasteiger partial charge in [-0.3, -0.25) is 14.6 Å². The van der Waals surface area contributed by atoms with Crippen molar-refractivity contribution in [3.8, 4) is 0 Å². The van der Waals surface area contributed by atoms with Crippen LogP contribution in [0, 0.1) is 6.92 Å². The number of carbonyl (C=O) groups excluding carboxylic acids is 1. The molecule has 0 radical (unpaired) electrons. The van der Waals surface area contributed by atoms with E-state index in [-0.39, 0.29) is 30.0 Å². The first-order valence-corrected chi connectivity index (χ1v) is 7.32. The molecule has 0 bridgehead atoms. The summed E-state index contributed by atoms with van der Waals surface area (Å²) < 4.78 is 5.63. The number of likely N-dealkylation sites (N-methyl/N-ethyl adjacent to an activating group) is 1. The SMILES string of the molecule is CCO[C@H]1CN(C)C[C@@H]1NC(=O)Cc1c(C)[nH]c(=O)[nH]c1=O. The molecule has 1 saturated heterocycles. The van der Waals surface area contributed by atoms with Crippen LogP contribution in [0.1, 0.15) is 18.2 Å². The van der Waals surface area contributed by atoms with Crippen LogP contribution in [-0.2, 0) is 16.0 Å². The summed E-state index contributed by atoms with van der Waals surface area (Å²) >= 11 is 0. The quantitative estimate of drug-likeness (QED) is 0.630. The summed E-state index contributed by atoms with van der Waals surface area (Å²) in [4.78, 5) is 41.8. The highest BCUT2D eigenvalue weighted by atomic mass is 16.5. The predicted octanol–water partition coefficient (Wildman–Crippen LogP) is -1.25. The molecule has 1 aromatic rings. The van der Waals surface area contributed by atoms with Crippen molar-refractivity contribution in [2.75, 3.05) is 26.7 Å². The van der Waals surface area contributed by atoms with Gasteiger partial charge in [0.15, 0.2) is 0 Å². The third-order valence-corrected chi connectivity index (χ3v) is 3.77. The molecule has 2 atom stereocenters. The summed E-state index contributed by atoms with van der Waals surface area (Å²) in [6, 6.07) is -0.0976. The molecule has 2 heterocycles. The molecule has 1 aromatic heterocycles.